The molecule has 0 radical (unpaired) electrons. The van der Waals surface area contributed by atoms with Crippen molar-refractivity contribution in [1.29, 1.82) is 0 Å². The van der Waals surface area contributed by atoms with E-state index in [2.05, 4.69) is 20.4 Å². The molecule has 2 aliphatic rings. The van der Waals surface area contributed by atoms with Crippen molar-refractivity contribution in [3.8, 4) is 0 Å². The fourth-order valence-corrected chi connectivity index (χ4v) is 4.02. The molecule has 1 N–H and O–H groups in total. The number of amides is 1. The van der Waals surface area contributed by atoms with Gasteiger partial charge in [0.1, 0.15) is 5.82 Å². The van der Waals surface area contributed by atoms with Crippen LogP contribution in [-0.2, 0) is 11.3 Å². The molecule has 0 unspecified atom stereocenters. The lowest BCUT2D eigenvalue weighted by Crippen LogP contribution is -2.35. The third-order valence-corrected chi connectivity index (χ3v) is 5.60. The quantitative estimate of drug-likeness (QED) is 0.795. The summed E-state index contributed by atoms with van der Waals surface area (Å²) in [6, 6.07) is 0. The summed E-state index contributed by atoms with van der Waals surface area (Å²) in [5, 5.41) is 21.1. The summed E-state index contributed by atoms with van der Waals surface area (Å²) < 4.78 is 1.66. The van der Waals surface area contributed by atoms with Gasteiger partial charge in [0, 0.05) is 38.6 Å². The van der Waals surface area contributed by atoms with E-state index < -0.39 is 0 Å². The van der Waals surface area contributed by atoms with Crippen molar-refractivity contribution in [3.63, 3.8) is 0 Å². The number of tetrazole rings is 1. The van der Waals surface area contributed by atoms with Gasteiger partial charge in [-0.05, 0) is 49.2 Å². The fourth-order valence-electron chi connectivity index (χ4n) is 4.02. The average Bonchev–Trinajstić information content (AvgIpc) is 3.11. The lowest BCUT2D eigenvalue weighted by atomic mass is 9.96. The third kappa shape index (κ3) is 4.76. The highest BCUT2D eigenvalue weighted by Crippen LogP contribution is 2.25. The second-order valence-electron chi connectivity index (χ2n) is 7.42. The van der Waals surface area contributed by atoms with E-state index in [-0.39, 0.29) is 18.4 Å². The van der Waals surface area contributed by atoms with Crippen LogP contribution < -0.4 is 0 Å². The summed E-state index contributed by atoms with van der Waals surface area (Å²) >= 11 is 0. The van der Waals surface area contributed by atoms with Crippen molar-refractivity contribution >= 4 is 5.91 Å². The van der Waals surface area contributed by atoms with Gasteiger partial charge in [-0.1, -0.05) is 12.8 Å². The van der Waals surface area contributed by atoms with Crippen LogP contribution in [-0.4, -0.2) is 80.4 Å². The Balaban J connectivity index is 1.51. The maximum atomic E-state index is 12.6. The predicted molar refractivity (Wildman–Crippen MR) is 92.7 cm³/mol. The van der Waals surface area contributed by atoms with Gasteiger partial charge in [-0.3, -0.25) is 4.79 Å². The number of likely N-dealkylation sites (tertiary alicyclic amines) is 2. The number of aliphatic hydroxyl groups excluding tert-OH is 1. The summed E-state index contributed by atoms with van der Waals surface area (Å²) in [6.07, 6.45) is 5.59. The monoisotopic (exact) mass is 350 g/mol. The maximum Gasteiger partial charge on any atom is 0.224 e. The first-order chi connectivity index (χ1) is 12.2. The molecule has 140 valence electrons. The molecule has 8 nitrogen and oxygen atoms in total. The molecule has 2 fully saturated rings. The van der Waals surface area contributed by atoms with E-state index in [0.717, 1.165) is 32.0 Å². The largest absolute Gasteiger partial charge is 0.396 e. The van der Waals surface area contributed by atoms with E-state index in [0.29, 0.717) is 25.4 Å². The van der Waals surface area contributed by atoms with Gasteiger partial charge in [-0.15, -0.1) is 5.10 Å². The molecule has 0 aliphatic carbocycles. The lowest BCUT2D eigenvalue weighted by molar-refractivity contribution is -0.130. The molecular weight excluding hydrogens is 320 g/mol. The van der Waals surface area contributed by atoms with Crippen LogP contribution in [0, 0.1) is 18.8 Å². The zero-order valence-electron chi connectivity index (χ0n) is 15.2. The summed E-state index contributed by atoms with van der Waals surface area (Å²) in [5.41, 5.74) is 0. The second kappa shape index (κ2) is 8.71. The zero-order chi connectivity index (χ0) is 17.6. The minimum atomic E-state index is 0.131. The van der Waals surface area contributed by atoms with Gasteiger partial charge < -0.3 is 14.9 Å². The molecule has 2 saturated heterocycles. The Bertz CT molecular complexity index is 555. The third-order valence-electron chi connectivity index (χ3n) is 5.60. The molecule has 3 heterocycles. The lowest BCUT2D eigenvalue weighted by Gasteiger charge is -2.26. The molecule has 0 aromatic carbocycles. The van der Waals surface area contributed by atoms with Crippen molar-refractivity contribution in [3.05, 3.63) is 5.82 Å². The summed E-state index contributed by atoms with van der Waals surface area (Å²) in [6.45, 7) is 7.24. The molecule has 0 bridgehead atoms. The van der Waals surface area contributed by atoms with E-state index in [9.17, 15) is 9.90 Å². The fraction of sp³-hybridized carbons (Fsp3) is 0.882. The second-order valence-corrected chi connectivity index (χ2v) is 7.42. The Hall–Kier alpha value is -1.54. The Morgan fingerprint density at radius 1 is 1.16 bits per heavy atom. The van der Waals surface area contributed by atoms with Gasteiger partial charge in [0.15, 0.2) is 0 Å². The van der Waals surface area contributed by atoms with E-state index in [1.54, 1.807) is 4.68 Å². The highest BCUT2D eigenvalue weighted by atomic mass is 16.3. The average molecular weight is 350 g/mol. The topological polar surface area (TPSA) is 87.4 Å². The van der Waals surface area contributed by atoms with Gasteiger partial charge in [0.2, 0.25) is 5.91 Å². The molecule has 1 amide bonds. The number of aliphatic hydroxyl groups is 1. The van der Waals surface area contributed by atoms with E-state index in [4.69, 9.17) is 0 Å². The van der Waals surface area contributed by atoms with Crippen LogP contribution in [0.4, 0.5) is 0 Å². The van der Waals surface area contributed by atoms with Gasteiger partial charge in [0.25, 0.3) is 0 Å². The number of carbonyl (C=O) groups excluding carboxylic acids is 1. The van der Waals surface area contributed by atoms with Gasteiger partial charge in [-0.25, -0.2) is 4.68 Å². The smallest absolute Gasteiger partial charge is 0.224 e. The molecule has 8 heteroatoms. The summed E-state index contributed by atoms with van der Waals surface area (Å²) in [4.78, 5) is 17.0. The zero-order valence-corrected chi connectivity index (χ0v) is 15.2. The number of carbonyl (C=O) groups is 1. The molecule has 0 spiro atoms. The van der Waals surface area contributed by atoms with E-state index in [1.165, 1.54) is 25.7 Å². The summed E-state index contributed by atoms with van der Waals surface area (Å²) in [7, 11) is 0. The minimum absolute atomic E-state index is 0.131. The molecular formula is C17H30N6O2. The number of aryl methyl sites for hydroxylation is 2. The first-order valence-electron chi connectivity index (χ1n) is 9.51. The Labute approximate surface area is 149 Å². The Morgan fingerprint density at radius 2 is 1.88 bits per heavy atom. The number of rotatable bonds is 6. The SMILES string of the molecule is Cc1nnnn1CCC(=O)N1C[C@@H](CN2CCCCCC2)[C@@H](CO)C1. The van der Waals surface area contributed by atoms with Crippen LogP contribution in [0.1, 0.15) is 37.9 Å². The van der Waals surface area contributed by atoms with Crippen LogP contribution in [0.3, 0.4) is 0 Å². The van der Waals surface area contributed by atoms with Crippen LogP contribution in [0.25, 0.3) is 0 Å². The minimum Gasteiger partial charge on any atom is -0.396 e. The van der Waals surface area contributed by atoms with Crippen molar-refractivity contribution in [2.24, 2.45) is 11.8 Å². The Morgan fingerprint density at radius 3 is 2.52 bits per heavy atom. The molecule has 1 aromatic rings. The molecule has 25 heavy (non-hydrogen) atoms. The first-order valence-corrected chi connectivity index (χ1v) is 9.51. The molecule has 1 aromatic heterocycles. The Kier molecular flexibility index (Phi) is 6.36. The highest BCUT2D eigenvalue weighted by molar-refractivity contribution is 5.76. The van der Waals surface area contributed by atoms with Crippen molar-refractivity contribution in [1.82, 2.24) is 30.0 Å². The van der Waals surface area contributed by atoms with Crippen LogP contribution >= 0.6 is 0 Å². The van der Waals surface area contributed by atoms with Gasteiger partial charge >= 0.3 is 0 Å². The van der Waals surface area contributed by atoms with Crippen molar-refractivity contribution in [2.75, 3.05) is 39.3 Å². The van der Waals surface area contributed by atoms with E-state index >= 15 is 0 Å². The molecule has 2 atom stereocenters. The number of aromatic nitrogens is 4. The van der Waals surface area contributed by atoms with Crippen LogP contribution in [0.2, 0.25) is 0 Å². The standard InChI is InChI=1S/C17H30N6O2/c1-14-18-19-20-23(14)9-6-17(25)22-11-15(16(12-22)13-24)10-21-7-4-2-3-5-8-21/h15-16,24H,2-13H2,1H3/t15-,16-/m1/s1. The van der Waals surface area contributed by atoms with Crippen molar-refractivity contribution in [2.45, 2.75) is 45.6 Å². The maximum absolute atomic E-state index is 12.6. The van der Waals surface area contributed by atoms with Crippen LogP contribution in [0.5, 0.6) is 0 Å². The van der Waals surface area contributed by atoms with Crippen LogP contribution in [0.15, 0.2) is 0 Å². The van der Waals surface area contributed by atoms with E-state index in [1.807, 2.05) is 11.8 Å². The number of hydrogen-bond acceptors (Lipinski definition) is 6. The summed E-state index contributed by atoms with van der Waals surface area (Å²) in [5.74, 6) is 1.43. The molecule has 3 rings (SSSR count). The van der Waals surface area contributed by atoms with Crippen molar-refractivity contribution < 1.29 is 9.90 Å². The molecule has 2 aliphatic heterocycles. The van der Waals surface area contributed by atoms with Gasteiger partial charge in [-0.2, -0.15) is 0 Å². The number of nitrogens with zero attached hydrogens (tertiary/aromatic N) is 6. The predicted octanol–water partition coefficient (Wildman–Crippen LogP) is 0.315. The van der Waals surface area contributed by atoms with Gasteiger partial charge in [0.05, 0.1) is 6.54 Å². The first kappa shape index (κ1) is 18.3. The number of hydrogen-bond donors (Lipinski definition) is 1. The normalized spacial score (nSPS) is 25.3. The highest BCUT2D eigenvalue weighted by Gasteiger charge is 2.35. The molecule has 0 saturated carbocycles.